The van der Waals surface area contributed by atoms with E-state index in [1.54, 1.807) is 0 Å². The Morgan fingerprint density at radius 1 is 0.471 bits per heavy atom. The zero-order chi connectivity index (χ0) is 14.3. The third-order valence-corrected chi connectivity index (χ3v) is 0. The maximum Gasteiger partial charge on any atom is 2.00 e. The Balaban J connectivity index is -0.0000000192. The maximum atomic E-state index is 8.56. The molecule has 0 aliphatic heterocycles. The molecule has 0 aliphatic carbocycles. The number of hydrogen-bond donors (Lipinski definition) is 8. The van der Waals surface area contributed by atoms with Gasteiger partial charge in [0.2, 0.25) is 0 Å². The fraction of sp³-hybridized carbons (Fsp3) is 0. The van der Waals surface area contributed by atoms with E-state index in [-0.39, 0.29) is 40.6 Å². The first-order valence-corrected chi connectivity index (χ1v) is 2.61. The summed E-state index contributed by atoms with van der Waals surface area (Å²) in [4.78, 5) is 34.2. The van der Waals surface area contributed by atoms with E-state index in [4.69, 9.17) is 60.0 Å². The van der Waals surface area contributed by atoms with Gasteiger partial charge in [-0.15, -0.1) is 0 Å². The van der Waals surface area contributed by atoms with Crippen molar-refractivity contribution in [3.8, 4) is 0 Å². The van der Waals surface area contributed by atoms with E-state index in [0.29, 0.717) is 0 Å². The van der Waals surface area contributed by atoms with Crippen molar-refractivity contribution >= 4 is 62.4 Å². The summed E-state index contributed by atoms with van der Waals surface area (Å²) in [5.41, 5.74) is 0. The first-order valence-electron chi connectivity index (χ1n) is 2.61. The summed E-state index contributed by atoms with van der Waals surface area (Å²) >= 11 is 0. The summed E-state index contributed by atoms with van der Waals surface area (Å²) in [6.07, 6.45) is -7.33. The molecule has 0 saturated carbocycles. The van der Waals surface area contributed by atoms with Crippen LogP contribution in [0, 0.1) is 0 Å². The normalized spacial score (nSPS) is 5.65. The van der Waals surface area contributed by atoms with Gasteiger partial charge in [-0.2, -0.15) is 0 Å². The zero-order valence-corrected chi connectivity index (χ0v) is 10.1. The van der Waals surface area contributed by atoms with Crippen molar-refractivity contribution in [1.82, 2.24) is 0 Å². The molecule has 0 saturated heterocycles. The van der Waals surface area contributed by atoms with Gasteiger partial charge in [0, 0.05) is 0 Å². The Kier molecular flexibility index (Phi) is 41.4. The molecule has 0 unspecified atom stereocenters. The van der Waals surface area contributed by atoms with Gasteiger partial charge in [0.25, 0.3) is 0 Å². The Labute approximate surface area is 125 Å². The molecule has 100 valence electrons. The number of rotatable bonds is 0. The molecule has 0 heterocycles. The third kappa shape index (κ3) is 792. The molecule has 17 heavy (non-hydrogen) atoms. The molecule has 0 aromatic heterocycles. The molecule has 0 aromatic rings. The van der Waals surface area contributed by atoms with Gasteiger partial charge in [-0.05, 0) is 0 Å². The van der Waals surface area contributed by atoms with E-state index < -0.39 is 24.6 Å². The van der Waals surface area contributed by atoms with Crippen LogP contribution in [0.5, 0.6) is 0 Å². The minimum Gasteiger partial charge on any atom is -1.00 e. The van der Waals surface area contributed by atoms with Gasteiger partial charge in [-0.1, -0.05) is 0 Å². The summed E-state index contributed by atoms with van der Waals surface area (Å²) in [7, 11) is 0. The average Bonchev–Trinajstić information content (AvgIpc) is 1.76. The molecular formula is C4H10CaO12. The monoisotopic (exact) mass is 290 g/mol. The van der Waals surface area contributed by atoms with Crippen molar-refractivity contribution in [2.75, 3.05) is 0 Å². The molecule has 12 nitrogen and oxygen atoms in total. The SMILES string of the molecule is O=C(O)O.O=C(O)O.O=C(O)O.O=C(O)O.[Ca+2].[H-].[H-]. The van der Waals surface area contributed by atoms with Crippen LogP contribution in [0.3, 0.4) is 0 Å². The van der Waals surface area contributed by atoms with E-state index in [1.807, 2.05) is 0 Å². The predicted octanol–water partition coefficient (Wildman–Crippen LogP) is 0.734. The topological polar surface area (TPSA) is 230 Å². The summed E-state index contributed by atoms with van der Waals surface area (Å²) in [6, 6.07) is 0. The molecule has 0 aromatic carbocycles. The molecule has 0 fully saturated rings. The predicted molar refractivity (Wildman–Crippen MR) is 50.6 cm³/mol. The van der Waals surface area contributed by atoms with E-state index in [9.17, 15) is 0 Å². The van der Waals surface area contributed by atoms with Gasteiger partial charge in [0.15, 0.2) is 0 Å². The standard InChI is InChI=1S/4CH2O3.Ca.2H/c4*2-1(3)4;;;/h4*(H2,2,3,4);;;/q;;;;+2;2*-1. The smallest absolute Gasteiger partial charge is 1.00 e. The van der Waals surface area contributed by atoms with Gasteiger partial charge < -0.3 is 43.7 Å². The molecule has 13 heteroatoms. The van der Waals surface area contributed by atoms with Crippen LogP contribution in [-0.4, -0.2) is 103 Å². The van der Waals surface area contributed by atoms with Crippen LogP contribution in [0.2, 0.25) is 0 Å². The summed E-state index contributed by atoms with van der Waals surface area (Å²) in [5, 5.41) is 55.8. The van der Waals surface area contributed by atoms with Crippen LogP contribution in [0.25, 0.3) is 0 Å². The van der Waals surface area contributed by atoms with Crippen molar-refractivity contribution in [2.24, 2.45) is 0 Å². The minimum absolute atomic E-state index is 0. The van der Waals surface area contributed by atoms with Crippen molar-refractivity contribution in [2.45, 2.75) is 0 Å². The maximum absolute atomic E-state index is 8.56. The van der Waals surface area contributed by atoms with E-state index in [2.05, 4.69) is 0 Å². The first kappa shape index (κ1) is 29.5. The van der Waals surface area contributed by atoms with E-state index in [0.717, 1.165) is 0 Å². The summed E-state index contributed by atoms with van der Waals surface area (Å²) < 4.78 is 0. The molecule has 0 bridgehead atoms. The van der Waals surface area contributed by atoms with E-state index >= 15 is 0 Å². The average molecular weight is 290 g/mol. The van der Waals surface area contributed by atoms with Crippen LogP contribution >= 0.6 is 0 Å². The van der Waals surface area contributed by atoms with Gasteiger partial charge >= 0.3 is 62.4 Å². The van der Waals surface area contributed by atoms with Crippen molar-refractivity contribution < 1.29 is 62.9 Å². The first-order chi connectivity index (χ1) is 6.93. The number of carboxylic acid groups (broad SMARTS) is 8. The quantitative estimate of drug-likeness (QED) is 0.288. The van der Waals surface area contributed by atoms with Crippen LogP contribution in [-0.2, 0) is 0 Å². The third-order valence-electron chi connectivity index (χ3n) is 0. The van der Waals surface area contributed by atoms with Crippen molar-refractivity contribution in [3.63, 3.8) is 0 Å². The van der Waals surface area contributed by atoms with Crippen LogP contribution in [0.15, 0.2) is 0 Å². The van der Waals surface area contributed by atoms with Gasteiger partial charge in [-0.25, -0.2) is 19.2 Å². The second-order valence-corrected chi connectivity index (χ2v) is 1.13. The van der Waals surface area contributed by atoms with Crippen molar-refractivity contribution in [3.05, 3.63) is 0 Å². The Bertz CT molecular complexity index is 168. The molecule has 0 rings (SSSR count). The van der Waals surface area contributed by atoms with Crippen LogP contribution < -0.4 is 0 Å². The van der Waals surface area contributed by atoms with Crippen molar-refractivity contribution in [1.29, 1.82) is 0 Å². The second kappa shape index (κ2) is 23.9. The number of carbonyl (C=O) groups is 4. The van der Waals surface area contributed by atoms with E-state index in [1.165, 1.54) is 0 Å². The Morgan fingerprint density at radius 2 is 0.471 bits per heavy atom. The zero-order valence-electron chi connectivity index (χ0n) is 9.92. The van der Waals surface area contributed by atoms with Crippen LogP contribution in [0.1, 0.15) is 2.85 Å². The molecule has 0 atom stereocenters. The van der Waals surface area contributed by atoms with Gasteiger partial charge in [0.05, 0.1) is 0 Å². The largest absolute Gasteiger partial charge is 2.00 e. The minimum atomic E-state index is -1.83. The molecule has 0 aliphatic rings. The Morgan fingerprint density at radius 3 is 0.471 bits per heavy atom. The Hall–Kier alpha value is -1.66. The fourth-order valence-corrected chi connectivity index (χ4v) is 0. The van der Waals surface area contributed by atoms with Gasteiger partial charge in [0.1, 0.15) is 0 Å². The summed E-state index contributed by atoms with van der Waals surface area (Å²) in [6.45, 7) is 0. The molecule has 0 amide bonds. The molecular weight excluding hydrogens is 280 g/mol. The fourth-order valence-electron chi connectivity index (χ4n) is 0. The molecule has 0 radical (unpaired) electrons. The van der Waals surface area contributed by atoms with Crippen LogP contribution in [0.4, 0.5) is 19.2 Å². The van der Waals surface area contributed by atoms with Gasteiger partial charge in [-0.3, -0.25) is 0 Å². The second-order valence-electron chi connectivity index (χ2n) is 1.13. The number of hydrogen-bond acceptors (Lipinski definition) is 4. The molecule has 0 spiro atoms. The summed E-state index contributed by atoms with van der Waals surface area (Å²) in [5.74, 6) is 0. The molecule has 8 N–H and O–H groups in total.